The van der Waals surface area contributed by atoms with E-state index in [4.69, 9.17) is 5.73 Å². The molecule has 0 aromatic heterocycles. The van der Waals surface area contributed by atoms with E-state index in [1.165, 1.54) is 5.56 Å². The van der Waals surface area contributed by atoms with Crippen LogP contribution in [0, 0.1) is 0 Å². The van der Waals surface area contributed by atoms with Crippen LogP contribution in [0.5, 0.6) is 0 Å². The van der Waals surface area contributed by atoms with E-state index >= 15 is 0 Å². The minimum Gasteiger partial charge on any atom is -0.399 e. The Morgan fingerprint density at radius 3 is 2.46 bits per heavy atom. The zero-order valence-electron chi connectivity index (χ0n) is 7.82. The highest BCUT2D eigenvalue weighted by Gasteiger charge is 1.97. The van der Waals surface area contributed by atoms with Crippen LogP contribution in [-0.4, -0.2) is 15.7 Å². The molecule has 0 amide bonds. The van der Waals surface area contributed by atoms with Crippen molar-refractivity contribution in [1.82, 2.24) is 0 Å². The first-order chi connectivity index (χ1) is 6.22. The van der Waals surface area contributed by atoms with Gasteiger partial charge < -0.3 is 5.73 Å². The Bertz CT molecular complexity index is 281. The Hall–Kier alpha value is -0.830. The van der Waals surface area contributed by atoms with Crippen molar-refractivity contribution in [3.8, 4) is 0 Å². The molecule has 0 saturated carbocycles. The lowest BCUT2D eigenvalue weighted by molar-refractivity contribution is 0.683. The standard InChI is InChI=1S/C10H15NOS/c1-2-13(12)8-7-9-3-5-10(11)6-4-9/h3-6H,2,7-8,11H2,1H3. The maximum absolute atomic E-state index is 11.1. The van der Waals surface area contributed by atoms with Gasteiger partial charge in [0.1, 0.15) is 0 Å². The van der Waals surface area contributed by atoms with Crippen LogP contribution in [0.1, 0.15) is 12.5 Å². The van der Waals surface area contributed by atoms with Crippen LogP contribution in [-0.2, 0) is 17.2 Å². The van der Waals surface area contributed by atoms with Gasteiger partial charge in [0.25, 0.3) is 0 Å². The van der Waals surface area contributed by atoms with E-state index in [2.05, 4.69) is 0 Å². The lowest BCUT2D eigenvalue weighted by Crippen LogP contribution is -2.02. The molecule has 1 aromatic rings. The lowest BCUT2D eigenvalue weighted by atomic mass is 10.2. The Morgan fingerprint density at radius 1 is 1.31 bits per heavy atom. The fourth-order valence-electron chi connectivity index (χ4n) is 1.06. The number of hydrogen-bond acceptors (Lipinski definition) is 2. The second-order valence-electron chi connectivity index (χ2n) is 2.92. The first-order valence-electron chi connectivity index (χ1n) is 4.41. The van der Waals surface area contributed by atoms with Crippen molar-refractivity contribution in [2.75, 3.05) is 17.2 Å². The molecule has 2 N–H and O–H groups in total. The van der Waals surface area contributed by atoms with Crippen LogP contribution in [0.4, 0.5) is 5.69 Å². The minimum absolute atomic E-state index is 0.664. The van der Waals surface area contributed by atoms with Gasteiger partial charge in [-0.15, -0.1) is 0 Å². The van der Waals surface area contributed by atoms with E-state index in [-0.39, 0.29) is 0 Å². The van der Waals surface area contributed by atoms with Crippen LogP contribution in [0.2, 0.25) is 0 Å². The highest BCUT2D eigenvalue weighted by Crippen LogP contribution is 2.06. The lowest BCUT2D eigenvalue weighted by Gasteiger charge is -2.00. The summed E-state index contributed by atoms with van der Waals surface area (Å²) >= 11 is 0. The third-order valence-electron chi connectivity index (χ3n) is 1.92. The summed E-state index contributed by atoms with van der Waals surface area (Å²) < 4.78 is 11.1. The maximum atomic E-state index is 11.1. The average molecular weight is 197 g/mol. The molecule has 0 aliphatic heterocycles. The van der Waals surface area contributed by atoms with Crippen LogP contribution in [0.3, 0.4) is 0 Å². The summed E-state index contributed by atoms with van der Waals surface area (Å²) in [5.41, 5.74) is 7.53. The van der Waals surface area contributed by atoms with Gasteiger partial charge >= 0.3 is 0 Å². The molecule has 0 saturated heterocycles. The summed E-state index contributed by atoms with van der Waals surface area (Å²) in [6.45, 7) is 1.94. The second kappa shape index (κ2) is 5.02. The van der Waals surface area contributed by atoms with E-state index < -0.39 is 10.8 Å². The van der Waals surface area contributed by atoms with Gasteiger partial charge in [-0.1, -0.05) is 19.1 Å². The summed E-state index contributed by atoms with van der Waals surface area (Å²) in [4.78, 5) is 0. The number of rotatable bonds is 4. The van der Waals surface area contributed by atoms with Gasteiger partial charge in [-0.2, -0.15) is 0 Å². The van der Waals surface area contributed by atoms with Crippen molar-refractivity contribution in [2.24, 2.45) is 0 Å². The highest BCUT2D eigenvalue weighted by atomic mass is 32.2. The largest absolute Gasteiger partial charge is 0.399 e. The molecule has 1 rings (SSSR count). The number of hydrogen-bond donors (Lipinski definition) is 1. The quantitative estimate of drug-likeness (QED) is 0.745. The molecule has 0 heterocycles. The molecular formula is C10H15NOS. The van der Waals surface area contributed by atoms with Crippen molar-refractivity contribution in [2.45, 2.75) is 13.3 Å². The van der Waals surface area contributed by atoms with Gasteiger partial charge in [0.15, 0.2) is 0 Å². The smallest absolute Gasteiger partial charge is 0.0314 e. The molecule has 1 unspecified atom stereocenters. The normalized spacial score (nSPS) is 12.7. The van der Waals surface area contributed by atoms with Crippen molar-refractivity contribution in [1.29, 1.82) is 0 Å². The van der Waals surface area contributed by atoms with Crippen LogP contribution in [0.15, 0.2) is 24.3 Å². The summed E-state index contributed by atoms with van der Waals surface area (Å²) in [6, 6.07) is 7.73. The molecule has 13 heavy (non-hydrogen) atoms. The Morgan fingerprint density at radius 2 is 1.92 bits per heavy atom. The molecule has 1 atom stereocenters. The summed E-state index contributed by atoms with van der Waals surface area (Å²) in [6.07, 6.45) is 0.876. The number of nitrogens with two attached hydrogens (primary N) is 1. The molecule has 0 spiro atoms. The number of anilines is 1. The number of nitrogen functional groups attached to an aromatic ring is 1. The molecule has 2 nitrogen and oxygen atoms in total. The van der Waals surface area contributed by atoms with E-state index in [1.54, 1.807) is 0 Å². The van der Waals surface area contributed by atoms with Crippen molar-refractivity contribution in [3.63, 3.8) is 0 Å². The fourth-order valence-corrected chi connectivity index (χ4v) is 1.81. The SMILES string of the molecule is CCS(=O)CCc1ccc(N)cc1. The Labute approximate surface area is 81.6 Å². The van der Waals surface area contributed by atoms with Crippen molar-refractivity contribution in [3.05, 3.63) is 29.8 Å². The van der Waals surface area contributed by atoms with Gasteiger partial charge in [-0.3, -0.25) is 4.21 Å². The van der Waals surface area contributed by atoms with Gasteiger partial charge in [-0.05, 0) is 24.1 Å². The summed E-state index contributed by atoms with van der Waals surface area (Å²) in [7, 11) is -0.664. The molecule has 0 radical (unpaired) electrons. The molecule has 1 aromatic carbocycles. The molecule has 0 aliphatic carbocycles. The van der Waals surface area contributed by atoms with E-state index in [0.29, 0.717) is 0 Å². The van der Waals surface area contributed by atoms with Gasteiger partial charge in [0, 0.05) is 28.0 Å². The molecule has 72 valence electrons. The molecular weight excluding hydrogens is 182 g/mol. The zero-order chi connectivity index (χ0) is 9.68. The third-order valence-corrected chi connectivity index (χ3v) is 3.22. The van der Waals surface area contributed by atoms with E-state index in [9.17, 15) is 4.21 Å². The van der Waals surface area contributed by atoms with Gasteiger partial charge in [0.05, 0.1) is 0 Å². The zero-order valence-corrected chi connectivity index (χ0v) is 8.64. The van der Waals surface area contributed by atoms with Gasteiger partial charge in [0.2, 0.25) is 0 Å². The topological polar surface area (TPSA) is 43.1 Å². The first kappa shape index (κ1) is 10.3. The van der Waals surface area contributed by atoms with Crippen molar-refractivity contribution < 1.29 is 4.21 Å². The number of aryl methyl sites for hydroxylation is 1. The Balaban J connectivity index is 2.46. The predicted molar refractivity (Wildman–Crippen MR) is 58.1 cm³/mol. The third kappa shape index (κ3) is 3.59. The van der Waals surface area contributed by atoms with Crippen molar-refractivity contribution >= 4 is 16.5 Å². The number of benzene rings is 1. The monoisotopic (exact) mass is 197 g/mol. The fraction of sp³-hybridized carbons (Fsp3) is 0.400. The molecule has 0 aliphatic rings. The van der Waals surface area contributed by atoms with Crippen LogP contribution >= 0.6 is 0 Å². The minimum atomic E-state index is -0.664. The van der Waals surface area contributed by atoms with E-state index in [1.807, 2.05) is 31.2 Å². The molecule has 0 fully saturated rings. The average Bonchev–Trinajstić information content (AvgIpc) is 2.16. The predicted octanol–water partition coefficient (Wildman–Crippen LogP) is 1.58. The van der Waals surface area contributed by atoms with Crippen LogP contribution in [0.25, 0.3) is 0 Å². The summed E-state index contributed by atoms with van der Waals surface area (Å²) in [5.74, 6) is 1.50. The Kier molecular flexibility index (Phi) is 3.96. The van der Waals surface area contributed by atoms with Gasteiger partial charge in [-0.25, -0.2) is 0 Å². The second-order valence-corrected chi connectivity index (χ2v) is 4.79. The highest BCUT2D eigenvalue weighted by molar-refractivity contribution is 7.84. The maximum Gasteiger partial charge on any atom is 0.0314 e. The molecule has 3 heteroatoms. The van der Waals surface area contributed by atoms with Crippen LogP contribution < -0.4 is 5.73 Å². The molecule has 0 bridgehead atoms. The first-order valence-corrected chi connectivity index (χ1v) is 5.90. The van der Waals surface area contributed by atoms with E-state index in [0.717, 1.165) is 23.6 Å². The summed E-state index contributed by atoms with van der Waals surface area (Å²) in [5, 5.41) is 0.